The van der Waals surface area contributed by atoms with Crippen LogP contribution in [0.1, 0.15) is 43.7 Å². The maximum absolute atomic E-state index is 13.5. The van der Waals surface area contributed by atoms with Crippen molar-refractivity contribution in [2.45, 2.75) is 39.5 Å². The molecule has 4 rings (SSSR count). The van der Waals surface area contributed by atoms with E-state index in [0.717, 1.165) is 11.3 Å². The van der Waals surface area contributed by atoms with Gasteiger partial charge in [0.1, 0.15) is 5.82 Å². The van der Waals surface area contributed by atoms with Gasteiger partial charge in [-0.15, -0.1) is 0 Å². The molecule has 2 aliphatic rings. The van der Waals surface area contributed by atoms with Gasteiger partial charge in [0.05, 0.1) is 28.2 Å². The predicted molar refractivity (Wildman–Crippen MR) is 126 cm³/mol. The fourth-order valence-corrected chi connectivity index (χ4v) is 4.91. The Kier molecular flexibility index (Phi) is 5.51. The normalized spacial score (nSPS) is 19.9. The molecule has 7 nitrogen and oxygen atoms in total. The average molecular weight is 463 g/mol. The van der Waals surface area contributed by atoms with Crippen molar-refractivity contribution >= 4 is 28.8 Å². The highest BCUT2D eigenvalue weighted by Gasteiger charge is 2.45. The van der Waals surface area contributed by atoms with Gasteiger partial charge < -0.3 is 5.73 Å². The Hall–Kier alpha value is -3.63. The van der Waals surface area contributed by atoms with Gasteiger partial charge in [-0.1, -0.05) is 43.6 Å². The van der Waals surface area contributed by atoms with Crippen LogP contribution in [0, 0.1) is 33.8 Å². The molecule has 0 saturated carbocycles. The summed E-state index contributed by atoms with van der Waals surface area (Å²) in [6.07, 6.45) is 0.902. The predicted octanol–water partition coefficient (Wildman–Crippen LogP) is 5.50. The Balaban J connectivity index is 2.00. The minimum Gasteiger partial charge on any atom is -0.384 e. The van der Waals surface area contributed by atoms with Gasteiger partial charge in [-0.3, -0.25) is 19.8 Å². The number of non-ortho nitro benzene ring substituents is 1. The van der Waals surface area contributed by atoms with Crippen LogP contribution in [0.4, 0.5) is 11.4 Å². The van der Waals surface area contributed by atoms with E-state index in [0.29, 0.717) is 34.7 Å². The fraction of sp³-hybridized carbons (Fsp3) is 0.280. The highest BCUT2D eigenvalue weighted by molar-refractivity contribution is 6.31. The molecule has 0 saturated heterocycles. The van der Waals surface area contributed by atoms with Crippen LogP contribution in [-0.2, 0) is 4.79 Å². The van der Waals surface area contributed by atoms with Crippen molar-refractivity contribution in [2.75, 3.05) is 4.90 Å². The summed E-state index contributed by atoms with van der Waals surface area (Å²) in [6.45, 7) is 5.92. The lowest BCUT2D eigenvalue weighted by atomic mass is 9.68. The zero-order valence-electron chi connectivity index (χ0n) is 18.6. The molecule has 0 amide bonds. The van der Waals surface area contributed by atoms with Gasteiger partial charge in [-0.05, 0) is 42.0 Å². The molecule has 2 aromatic carbocycles. The Bertz CT molecular complexity index is 1290. The molecule has 1 aliphatic heterocycles. The molecule has 1 aliphatic carbocycles. The number of nitrogens with zero attached hydrogens (tertiary/aromatic N) is 3. The topological polar surface area (TPSA) is 113 Å². The van der Waals surface area contributed by atoms with Crippen LogP contribution in [0.25, 0.3) is 0 Å². The van der Waals surface area contributed by atoms with Gasteiger partial charge in [0.2, 0.25) is 0 Å². The summed E-state index contributed by atoms with van der Waals surface area (Å²) >= 11 is 6.39. The first-order valence-corrected chi connectivity index (χ1v) is 10.9. The Morgan fingerprint density at radius 2 is 1.88 bits per heavy atom. The number of nitrogens with two attached hydrogens (primary N) is 1. The monoisotopic (exact) mass is 462 g/mol. The van der Waals surface area contributed by atoms with Gasteiger partial charge in [-0.2, -0.15) is 5.26 Å². The van der Waals surface area contributed by atoms with Crippen LogP contribution < -0.4 is 10.6 Å². The first kappa shape index (κ1) is 22.6. The van der Waals surface area contributed by atoms with Gasteiger partial charge in [0, 0.05) is 34.8 Å². The molecule has 8 heteroatoms. The molecule has 0 bridgehead atoms. The smallest absolute Gasteiger partial charge is 0.269 e. The first-order chi connectivity index (χ1) is 15.6. The van der Waals surface area contributed by atoms with E-state index in [-0.39, 0.29) is 28.3 Å². The number of Topliss-reactive ketones (excluding diaryl/α,β-unsaturated/α-hetero) is 1. The van der Waals surface area contributed by atoms with Crippen molar-refractivity contribution in [3.8, 4) is 6.07 Å². The Labute approximate surface area is 196 Å². The minimum absolute atomic E-state index is 0.0606. The SMILES string of the molecule is Cc1c(Cl)cccc1N1C(N)=C(C#N)[C@H](c2ccc([N+](=O)[O-])cc2)C2=C1CC(C)(C)CC2=O. The number of hydrogen-bond acceptors (Lipinski definition) is 6. The Morgan fingerprint density at radius 1 is 1.21 bits per heavy atom. The zero-order valence-corrected chi connectivity index (χ0v) is 19.3. The highest BCUT2D eigenvalue weighted by Crippen LogP contribution is 2.50. The van der Waals surface area contributed by atoms with E-state index in [9.17, 15) is 20.2 Å². The number of benzene rings is 2. The largest absolute Gasteiger partial charge is 0.384 e. The molecule has 168 valence electrons. The molecular weight excluding hydrogens is 440 g/mol. The number of ketones is 1. The van der Waals surface area contributed by atoms with Crippen molar-refractivity contribution in [2.24, 2.45) is 11.1 Å². The van der Waals surface area contributed by atoms with E-state index in [1.807, 2.05) is 32.9 Å². The third-order valence-electron chi connectivity index (χ3n) is 6.30. The molecule has 2 N–H and O–H groups in total. The van der Waals surface area contributed by atoms with E-state index < -0.39 is 10.8 Å². The lowest BCUT2D eigenvalue weighted by Gasteiger charge is -2.44. The van der Waals surface area contributed by atoms with Gasteiger partial charge in [-0.25, -0.2) is 0 Å². The van der Waals surface area contributed by atoms with Crippen molar-refractivity contribution in [1.29, 1.82) is 5.26 Å². The standard InChI is InChI=1S/C25H23ClN4O3/c1-14-18(26)5-4-6-19(14)29-20-11-25(2,3)12-21(31)23(20)22(17(13-27)24(29)28)15-7-9-16(10-8-15)30(32)33/h4-10,22H,11-12,28H2,1-3H3/t22-/m0/s1. The van der Waals surface area contributed by atoms with Crippen LogP contribution in [-0.4, -0.2) is 10.7 Å². The number of carbonyl (C=O) groups excluding carboxylic acids is 1. The maximum Gasteiger partial charge on any atom is 0.269 e. The summed E-state index contributed by atoms with van der Waals surface area (Å²) in [6, 6.07) is 13.6. The van der Waals surface area contributed by atoms with Crippen LogP contribution in [0.3, 0.4) is 0 Å². The maximum atomic E-state index is 13.5. The van der Waals surface area contributed by atoms with Gasteiger partial charge in [0.15, 0.2) is 5.78 Å². The number of nitro groups is 1. The minimum atomic E-state index is -0.690. The third-order valence-corrected chi connectivity index (χ3v) is 6.71. The quantitative estimate of drug-likeness (QED) is 0.476. The summed E-state index contributed by atoms with van der Waals surface area (Å²) in [4.78, 5) is 25.9. The zero-order chi connectivity index (χ0) is 24.1. The fourth-order valence-electron chi connectivity index (χ4n) is 4.74. The second-order valence-electron chi connectivity index (χ2n) is 9.21. The van der Waals surface area contributed by atoms with E-state index >= 15 is 0 Å². The molecule has 1 heterocycles. The number of anilines is 1. The first-order valence-electron chi connectivity index (χ1n) is 10.5. The number of allylic oxidation sites excluding steroid dienone is 3. The van der Waals surface area contributed by atoms with Crippen LogP contribution in [0.2, 0.25) is 5.02 Å². The second kappa shape index (κ2) is 8.05. The Morgan fingerprint density at radius 3 is 2.48 bits per heavy atom. The van der Waals surface area contributed by atoms with Crippen molar-refractivity contribution in [3.05, 3.63) is 91.4 Å². The number of hydrogen-bond donors (Lipinski definition) is 1. The van der Waals surface area contributed by atoms with Crippen LogP contribution in [0.5, 0.6) is 0 Å². The molecule has 33 heavy (non-hydrogen) atoms. The number of halogens is 1. The summed E-state index contributed by atoms with van der Waals surface area (Å²) in [5.74, 6) is -0.518. The molecule has 0 unspecified atom stereocenters. The summed E-state index contributed by atoms with van der Waals surface area (Å²) < 4.78 is 0. The third kappa shape index (κ3) is 3.77. The van der Waals surface area contributed by atoms with E-state index in [1.165, 1.54) is 12.1 Å². The van der Waals surface area contributed by atoms with Crippen molar-refractivity contribution < 1.29 is 9.72 Å². The summed E-state index contributed by atoms with van der Waals surface area (Å²) in [5.41, 5.74) is 9.85. The number of nitro benzene ring substituents is 1. The highest BCUT2D eigenvalue weighted by atomic mass is 35.5. The second-order valence-corrected chi connectivity index (χ2v) is 9.62. The molecular formula is C25H23ClN4O3. The molecule has 0 radical (unpaired) electrons. The van der Waals surface area contributed by atoms with Crippen LogP contribution >= 0.6 is 11.6 Å². The molecule has 0 aromatic heterocycles. The number of rotatable bonds is 3. The molecule has 0 spiro atoms. The van der Waals surface area contributed by atoms with E-state index in [4.69, 9.17) is 17.3 Å². The lowest BCUT2D eigenvalue weighted by molar-refractivity contribution is -0.384. The van der Waals surface area contributed by atoms with Gasteiger partial charge >= 0.3 is 0 Å². The van der Waals surface area contributed by atoms with E-state index in [2.05, 4.69) is 6.07 Å². The lowest BCUT2D eigenvalue weighted by Crippen LogP contribution is -2.42. The molecule has 2 aromatic rings. The molecule has 0 fully saturated rings. The van der Waals surface area contributed by atoms with E-state index in [1.54, 1.807) is 23.1 Å². The van der Waals surface area contributed by atoms with Crippen molar-refractivity contribution in [1.82, 2.24) is 0 Å². The summed E-state index contributed by atoms with van der Waals surface area (Å²) in [5, 5.41) is 21.8. The average Bonchev–Trinajstić information content (AvgIpc) is 2.75. The van der Waals surface area contributed by atoms with Gasteiger partial charge in [0.25, 0.3) is 5.69 Å². The number of nitriles is 1. The number of carbonyl (C=O) groups is 1. The molecule has 1 atom stereocenters. The van der Waals surface area contributed by atoms with Crippen molar-refractivity contribution in [3.63, 3.8) is 0 Å². The summed E-state index contributed by atoms with van der Waals surface area (Å²) in [7, 11) is 0. The van der Waals surface area contributed by atoms with Crippen LogP contribution in [0.15, 0.2) is 65.1 Å².